The lowest BCUT2D eigenvalue weighted by atomic mass is 10.1. The molecule has 0 saturated carbocycles. The number of fused-ring (bicyclic) bond motifs is 1. The van der Waals surface area contributed by atoms with Crippen LogP contribution in [-0.4, -0.2) is 28.1 Å². The van der Waals surface area contributed by atoms with Gasteiger partial charge >= 0.3 is 5.63 Å². The second kappa shape index (κ2) is 9.21. The molecule has 0 unspecified atom stereocenters. The summed E-state index contributed by atoms with van der Waals surface area (Å²) < 4.78 is 13.0. The fourth-order valence-electron chi connectivity index (χ4n) is 3.05. The first-order valence-electron chi connectivity index (χ1n) is 9.53. The summed E-state index contributed by atoms with van der Waals surface area (Å²) in [5.41, 5.74) is 1.06. The maximum Gasteiger partial charge on any atom is 0.336 e. The molecule has 2 heterocycles. The van der Waals surface area contributed by atoms with E-state index >= 15 is 0 Å². The first kappa shape index (κ1) is 19.7. The number of amides is 1. The van der Waals surface area contributed by atoms with E-state index in [-0.39, 0.29) is 11.5 Å². The monoisotopic (exact) mass is 383 g/mol. The number of benzene rings is 1. The highest BCUT2D eigenvalue weighted by Gasteiger charge is 2.15. The molecule has 0 saturated heterocycles. The zero-order valence-electron chi connectivity index (χ0n) is 16.2. The third-order valence-electron chi connectivity index (χ3n) is 4.45. The van der Waals surface area contributed by atoms with Crippen molar-refractivity contribution >= 4 is 16.9 Å². The van der Waals surface area contributed by atoms with Crippen LogP contribution in [0.5, 0.6) is 5.75 Å². The van der Waals surface area contributed by atoms with Crippen molar-refractivity contribution < 1.29 is 13.9 Å². The third kappa shape index (κ3) is 5.00. The number of ether oxygens (including phenoxy) is 1. The average molecular weight is 383 g/mol. The van der Waals surface area contributed by atoms with Crippen molar-refractivity contribution in [1.29, 1.82) is 0 Å². The summed E-state index contributed by atoms with van der Waals surface area (Å²) in [7, 11) is 0. The normalized spacial score (nSPS) is 12.1. The SMILES string of the molecule is CCCc1cc(=O)oc2cc(O[C@H](C)C(=O)NCCCn3ccnc3)ccc12. The maximum absolute atomic E-state index is 12.2. The molecule has 1 N–H and O–H groups in total. The number of nitrogens with zero attached hydrogens (tertiary/aromatic N) is 2. The van der Waals surface area contributed by atoms with Gasteiger partial charge in [-0.25, -0.2) is 9.78 Å². The van der Waals surface area contributed by atoms with Crippen LogP contribution >= 0.6 is 0 Å². The van der Waals surface area contributed by atoms with Gasteiger partial charge in [-0.1, -0.05) is 13.3 Å². The fraction of sp³-hybridized carbons (Fsp3) is 0.381. The number of carbonyl (C=O) groups excluding carboxylic acids is 1. The highest BCUT2D eigenvalue weighted by atomic mass is 16.5. The van der Waals surface area contributed by atoms with Crippen molar-refractivity contribution in [2.45, 2.75) is 45.8 Å². The Hall–Kier alpha value is -3.09. The number of nitrogens with one attached hydrogen (secondary N) is 1. The van der Waals surface area contributed by atoms with Crippen molar-refractivity contribution in [1.82, 2.24) is 14.9 Å². The largest absolute Gasteiger partial charge is 0.481 e. The van der Waals surface area contributed by atoms with E-state index in [9.17, 15) is 9.59 Å². The molecule has 3 rings (SSSR count). The Morgan fingerprint density at radius 1 is 1.36 bits per heavy atom. The first-order chi connectivity index (χ1) is 13.6. The third-order valence-corrected chi connectivity index (χ3v) is 4.45. The average Bonchev–Trinajstić information content (AvgIpc) is 3.18. The van der Waals surface area contributed by atoms with E-state index in [2.05, 4.69) is 17.2 Å². The van der Waals surface area contributed by atoms with E-state index in [1.807, 2.05) is 16.8 Å². The summed E-state index contributed by atoms with van der Waals surface area (Å²) in [5.74, 6) is 0.303. The number of carbonyl (C=O) groups is 1. The summed E-state index contributed by atoms with van der Waals surface area (Å²) in [5, 5.41) is 3.76. The molecule has 1 amide bonds. The molecule has 7 heteroatoms. The van der Waals surface area contributed by atoms with Crippen molar-refractivity contribution in [2.24, 2.45) is 0 Å². The van der Waals surface area contributed by atoms with Crippen LogP contribution < -0.4 is 15.7 Å². The van der Waals surface area contributed by atoms with Gasteiger partial charge in [0.2, 0.25) is 0 Å². The first-order valence-corrected chi connectivity index (χ1v) is 9.53. The van der Waals surface area contributed by atoms with Gasteiger partial charge in [-0.05, 0) is 37.5 Å². The molecule has 0 aliphatic heterocycles. The van der Waals surface area contributed by atoms with Crippen LogP contribution in [0, 0.1) is 0 Å². The van der Waals surface area contributed by atoms with Crippen molar-refractivity contribution in [3.8, 4) is 5.75 Å². The molecule has 0 aliphatic carbocycles. The summed E-state index contributed by atoms with van der Waals surface area (Å²) in [4.78, 5) is 28.0. The van der Waals surface area contributed by atoms with Crippen molar-refractivity contribution in [3.63, 3.8) is 0 Å². The van der Waals surface area contributed by atoms with Gasteiger partial charge in [-0.3, -0.25) is 4.79 Å². The lowest BCUT2D eigenvalue weighted by molar-refractivity contribution is -0.127. The van der Waals surface area contributed by atoms with Gasteiger partial charge in [0.25, 0.3) is 5.91 Å². The van der Waals surface area contributed by atoms with Gasteiger partial charge in [0.1, 0.15) is 11.3 Å². The van der Waals surface area contributed by atoms with Crippen LogP contribution in [0.3, 0.4) is 0 Å². The fourth-order valence-corrected chi connectivity index (χ4v) is 3.05. The second-order valence-corrected chi connectivity index (χ2v) is 6.70. The zero-order valence-corrected chi connectivity index (χ0v) is 16.2. The summed E-state index contributed by atoms with van der Waals surface area (Å²) in [6.07, 6.45) is 7.25. The van der Waals surface area contributed by atoms with E-state index in [0.29, 0.717) is 17.9 Å². The van der Waals surface area contributed by atoms with Gasteiger partial charge in [-0.15, -0.1) is 0 Å². The molecule has 1 atom stereocenters. The van der Waals surface area contributed by atoms with E-state index in [1.165, 1.54) is 6.07 Å². The summed E-state index contributed by atoms with van der Waals surface area (Å²) in [6.45, 7) is 5.10. The Kier molecular flexibility index (Phi) is 6.47. The zero-order chi connectivity index (χ0) is 19.9. The van der Waals surface area contributed by atoms with Crippen LogP contribution in [0.25, 0.3) is 11.0 Å². The lowest BCUT2D eigenvalue weighted by Gasteiger charge is -2.15. The predicted molar refractivity (Wildman–Crippen MR) is 106 cm³/mol. The quantitative estimate of drug-likeness (QED) is 0.453. The summed E-state index contributed by atoms with van der Waals surface area (Å²) in [6, 6.07) is 6.86. The molecule has 1 aromatic carbocycles. The highest BCUT2D eigenvalue weighted by Crippen LogP contribution is 2.24. The van der Waals surface area contributed by atoms with Gasteiger partial charge in [0, 0.05) is 43.0 Å². The second-order valence-electron chi connectivity index (χ2n) is 6.70. The highest BCUT2D eigenvalue weighted by molar-refractivity contribution is 5.83. The molecule has 0 radical (unpaired) electrons. The van der Waals surface area contributed by atoms with Gasteiger partial charge in [0.05, 0.1) is 6.33 Å². The van der Waals surface area contributed by atoms with Crippen molar-refractivity contribution in [3.05, 3.63) is 59.0 Å². The predicted octanol–water partition coefficient (Wildman–Crippen LogP) is 2.92. The minimum Gasteiger partial charge on any atom is -0.481 e. The van der Waals surface area contributed by atoms with E-state index < -0.39 is 6.10 Å². The van der Waals surface area contributed by atoms with Gasteiger partial charge < -0.3 is 19.0 Å². The Morgan fingerprint density at radius 3 is 2.96 bits per heavy atom. The van der Waals surface area contributed by atoms with E-state index in [4.69, 9.17) is 9.15 Å². The van der Waals surface area contributed by atoms with Crippen LogP contribution in [-0.2, 0) is 17.8 Å². The number of imidazole rings is 1. The number of aromatic nitrogens is 2. The molecule has 3 aromatic rings. The molecule has 2 aromatic heterocycles. The molecular formula is C21H25N3O4. The number of hydrogen-bond donors (Lipinski definition) is 1. The Bertz CT molecular complexity index is 979. The minimum absolute atomic E-state index is 0.188. The molecule has 0 spiro atoms. The topological polar surface area (TPSA) is 86.4 Å². The molecule has 28 heavy (non-hydrogen) atoms. The molecular weight excluding hydrogens is 358 g/mol. The van der Waals surface area contributed by atoms with E-state index in [0.717, 1.165) is 36.8 Å². The van der Waals surface area contributed by atoms with Crippen LogP contribution in [0.15, 0.2) is 52.2 Å². The maximum atomic E-state index is 12.2. The Balaban J connectivity index is 1.58. The lowest BCUT2D eigenvalue weighted by Crippen LogP contribution is -2.37. The minimum atomic E-state index is -0.656. The van der Waals surface area contributed by atoms with Crippen molar-refractivity contribution in [2.75, 3.05) is 6.54 Å². The molecule has 0 fully saturated rings. The standard InChI is InChI=1S/C21H25N3O4/c1-3-5-16-12-20(25)28-19-13-17(6-7-18(16)19)27-15(2)21(26)23-8-4-10-24-11-9-22-14-24/h6-7,9,11-15H,3-5,8,10H2,1-2H3,(H,23,26)/t15-/m1/s1. The van der Waals surface area contributed by atoms with Gasteiger partial charge in [0.15, 0.2) is 6.10 Å². The Morgan fingerprint density at radius 2 is 2.21 bits per heavy atom. The van der Waals surface area contributed by atoms with Crippen LogP contribution in [0.1, 0.15) is 32.3 Å². The van der Waals surface area contributed by atoms with E-state index in [1.54, 1.807) is 31.6 Å². The van der Waals surface area contributed by atoms with Gasteiger partial charge in [-0.2, -0.15) is 0 Å². The number of aryl methyl sites for hydroxylation is 2. The number of hydrogen-bond acceptors (Lipinski definition) is 5. The summed E-state index contributed by atoms with van der Waals surface area (Å²) >= 11 is 0. The smallest absolute Gasteiger partial charge is 0.336 e. The molecule has 0 bridgehead atoms. The molecule has 0 aliphatic rings. The molecule has 7 nitrogen and oxygen atoms in total. The van der Waals surface area contributed by atoms with Crippen LogP contribution in [0.2, 0.25) is 0 Å². The van der Waals surface area contributed by atoms with Crippen LogP contribution in [0.4, 0.5) is 0 Å². The molecule has 148 valence electrons. The Labute approximate surface area is 163 Å². The number of rotatable bonds is 9.